The largest absolute Gasteiger partial charge is 0.465 e. The molecule has 6 heteroatoms. The molecule has 2 aromatic rings. The van der Waals surface area contributed by atoms with E-state index in [9.17, 15) is 4.79 Å². The van der Waals surface area contributed by atoms with Gasteiger partial charge in [0.25, 0.3) is 0 Å². The first-order valence-corrected chi connectivity index (χ1v) is 7.30. The number of halogens is 2. The Morgan fingerprint density at radius 3 is 2.50 bits per heavy atom. The zero-order chi connectivity index (χ0) is 14.7. The maximum atomic E-state index is 11.8. The number of rotatable bonds is 3. The number of nitrogens with one attached hydrogen (secondary N) is 1. The van der Waals surface area contributed by atoms with Gasteiger partial charge in [-0.3, -0.25) is 0 Å². The zero-order valence-electron chi connectivity index (χ0n) is 10.6. The Morgan fingerprint density at radius 2 is 1.85 bits per heavy atom. The topological polar surface area (TPSA) is 64.3 Å². The number of esters is 1. The number of benzene rings is 2. The summed E-state index contributed by atoms with van der Waals surface area (Å²) in [7, 11) is 1.34. The van der Waals surface area contributed by atoms with E-state index >= 15 is 0 Å². The van der Waals surface area contributed by atoms with Crippen molar-refractivity contribution in [2.24, 2.45) is 0 Å². The molecule has 2 rings (SSSR count). The average molecular weight is 400 g/mol. The van der Waals surface area contributed by atoms with Crippen LogP contribution in [0.4, 0.5) is 17.1 Å². The molecular weight excluding hydrogens is 388 g/mol. The standard InChI is InChI=1S/C14H12Br2N2O2/c1-20-14(19)10-7-9(17)3-5-12(10)18-13-4-2-8(15)6-11(13)16/h2-7,18H,17H2,1H3. The molecule has 0 heterocycles. The van der Waals surface area contributed by atoms with Crippen LogP contribution < -0.4 is 11.1 Å². The quantitative estimate of drug-likeness (QED) is 0.595. The molecular formula is C14H12Br2N2O2. The van der Waals surface area contributed by atoms with Gasteiger partial charge in [0.2, 0.25) is 0 Å². The Bertz CT molecular complexity index is 660. The van der Waals surface area contributed by atoms with Crippen LogP contribution in [0.3, 0.4) is 0 Å². The third kappa shape index (κ3) is 3.32. The Kier molecular flexibility index (Phi) is 4.67. The lowest BCUT2D eigenvalue weighted by Gasteiger charge is -2.13. The van der Waals surface area contributed by atoms with Crippen LogP contribution in [0.1, 0.15) is 10.4 Å². The summed E-state index contributed by atoms with van der Waals surface area (Å²) >= 11 is 6.86. The van der Waals surface area contributed by atoms with E-state index in [-0.39, 0.29) is 0 Å². The predicted octanol–water partition coefficient (Wildman–Crippen LogP) is 4.32. The maximum Gasteiger partial charge on any atom is 0.340 e. The Morgan fingerprint density at radius 1 is 1.15 bits per heavy atom. The molecule has 2 aromatic carbocycles. The molecule has 0 radical (unpaired) electrons. The third-order valence-corrected chi connectivity index (χ3v) is 3.80. The molecule has 4 nitrogen and oxygen atoms in total. The second-order valence-corrected chi connectivity index (χ2v) is 5.82. The zero-order valence-corrected chi connectivity index (χ0v) is 13.8. The lowest BCUT2D eigenvalue weighted by molar-refractivity contribution is 0.0602. The van der Waals surface area contributed by atoms with Crippen molar-refractivity contribution in [2.75, 3.05) is 18.2 Å². The van der Waals surface area contributed by atoms with Crippen LogP contribution in [0.25, 0.3) is 0 Å². The van der Waals surface area contributed by atoms with Crippen molar-refractivity contribution in [1.29, 1.82) is 0 Å². The van der Waals surface area contributed by atoms with Crippen molar-refractivity contribution in [3.8, 4) is 0 Å². The fraction of sp³-hybridized carbons (Fsp3) is 0.0714. The minimum absolute atomic E-state index is 0.391. The van der Waals surface area contributed by atoms with Crippen molar-refractivity contribution in [3.63, 3.8) is 0 Å². The molecule has 3 N–H and O–H groups in total. The minimum Gasteiger partial charge on any atom is -0.465 e. The molecule has 20 heavy (non-hydrogen) atoms. The highest BCUT2D eigenvalue weighted by Crippen LogP contribution is 2.31. The first-order valence-electron chi connectivity index (χ1n) is 5.71. The summed E-state index contributed by atoms with van der Waals surface area (Å²) in [5.41, 5.74) is 8.08. The third-order valence-electron chi connectivity index (χ3n) is 2.65. The van der Waals surface area contributed by atoms with Gasteiger partial charge in [-0.25, -0.2) is 4.79 Å². The summed E-state index contributed by atoms with van der Waals surface area (Å²) in [5, 5.41) is 3.19. The van der Waals surface area contributed by atoms with E-state index in [0.29, 0.717) is 16.9 Å². The van der Waals surface area contributed by atoms with Gasteiger partial charge in [0.05, 0.1) is 24.0 Å². The molecule has 0 unspecified atom stereocenters. The summed E-state index contributed by atoms with van der Waals surface area (Å²) in [6.45, 7) is 0. The van der Waals surface area contributed by atoms with Crippen molar-refractivity contribution in [2.45, 2.75) is 0 Å². The first kappa shape index (κ1) is 14.9. The molecule has 0 aliphatic heterocycles. The van der Waals surface area contributed by atoms with E-state index in [4.69, 9.17) is 10.5 Å². The van der Waals surface area contributed by atoms with Gasteiger partial charge in [0, 0.05) is 14.6 Å². The summed E-state index contributed by atoms with van der Waals surface area (Å²) in [6, 6.07) is 10.8. The van der Waals surface area contributed by atoms with Crippen molar-refractivity contribution in [3.05, 3.63) is 50.9 Å². The van der Waals surface area contributed by atoms with E-state index < -0.39 is 5.97 Å². The summed E-state index contributed by atoms with van der Waals surface area (Å²) < 4.78 is 6.60. The minimum atomic E-state index is -0.437. The molecule has 0 fully saturated rings. The lowest BCUT2D eigenvalue weighted by atomic mass is 10.1. The number of methoxy groups -OCH3 is 1. The number of ether oxygens (including phenoxy) is 1. The van der Waals surface area contributed by atoms with Gasteiger partial charge in [0.1, 0.15) is 0 Å². The Balaban J connectivity index is 2.40. The number of hydrogen-bond acceptors (Lipinski definition) is 4. The first-order chi connectivity index (χ1) is 9.51. The average Bonchev–Trinajstić information content (AvgIpc) is 2.42. The van der Waals surface area contributed by atoms with E-state index in [1.807, 2.05) is 18.2 Å². The van der Waals surface area contributed by atoms with Crippen LogP contribution in [0, 0.1) is 0 Å². The molecule has 0 spiro atoms. The van der Waals surface area contributed by atoms with Gasteiger partial charge in [0.15, 0.2) is 0 Å². The van der Waals surface area contributed by atoms with Crippen LogP contribution in [-0.2, 0) is 4.74 Å². The number of carbonyl (C=O) groups excluding carboxylic acids is 1. The van der Waals surface area contributed by atoms with Crippen LogP contribution in [-0.4, -0.2) is 13.1 Å². The van der Waals surface area contributed by atoms with Gasteiger partial charge in [-0.2, -0.15) is 0 Å². The summed E-state index contributed by atoms with van der Waals surface area (Å²) in [5.74, 6) is -0.437. The summed E-state index contributed by atoms with van der Waals surface area (Å²) in [6.07, 6.45) is 0. The highest BCUT2D eigenvalue weighted by Gasteiger charge is 2.13. The van der Waals surface area contributed by atoms with Crippen molar-refractivity contribution >= 4 is 54.9 Å². The number of anilines is 3. The fourth-order valence-electron chi connectivity index (χ4n) is 1.69. The smallest absolute Gasteiger partial charge is 0.340 e. The number of nitrogens with two attached hydrogens (primary N) is 1. The van der Waals surface area contributed by atoms with E-state index in [1.54, 1.807) is 18.2 Å². The maximum absolute atomic E-state index is 11.8. The molecule has 0 amide bonds. The van der Waals surface area contributed by atoms with Crippen LogP contribution in [0.15, 0.2) is 45.3 Å². The van der Waals surface area contributed by atoms with Crippen molar-refractivity contribution in [1.82, 2.24) is 0 Å². The van der Waals surface area contributed by atoms with E-state index in [0.717, 1.165) is 14.6 Å². The molecule has 0 saturated heterocycles. The van der Waals surface area contributed by atoms with E-state index in [1.165, 1.54) is 7.11 Å². The van der Waals surface area contributed by atoms with Crippen LogP contribution in [0.2, 0.25) is 0 Å². The lowest BCUT2D eigenvalue weighted by Crippen LogP contribution is -2.06. The SMILES string of the molecule is COC(=O)c1cc(N)ccc1Nc1ccc(Br)cc1Br. The van der Waals surface area contributed by atoms with Gasteiger partial charge < -0.3 is 15.8 Å². The van der Waals surface area contributed by atoms with E-state index in [2.05, 4.69) is 37.2 Å². The van der Waals surface area contributed by atoms with Crippen molar-refractivity contribution < 1.29 is 9.53 Å². The normalized spacial score (nSPS) is 10.2. The molecule has 0 aliphatic rings. The Hall–Kier alpha value is -1.53. The van der Waals surface area contributed by atoms with Gasteiger partial charge in [-0.1, -0.05) is 15.9 Å². The predicted molar refractivity (Wildman–Crippen MR) is 87.3 cm³/mol. The molecule has 0 aliphatic carbocycles. The number of carbonyl (C=O) groups is 1. The second-order valence-electron chi connectivity index (χ2n) is 4.05. The van der Waals surface area contributed by atoms with Crippen LogP contribution >= 0.6 is 31.9 Å². The number of nitrogen functional groups attached to an aromatic ring is 1. The van der Waals surface area contributed by atoms with Gasteiger partial charge in [-0.15, -0.1) is 0 Å². The second kappa shape index (κ2) is 6.28. The summed E-state index contributed by atoms with van der Waals surface area (Å²) in [4.78, 5) is 11.8. The fourth-order valence-corrected chi connectivity index (χ4v) is 2.83. The van der Waals surface area contributed by atoms with Gasteiger partial charge in [-0.05, 0) is 52.3 Å². The Labute approximate surface area is 133 Å². The molecule has 104 valence electrons. The molecule has 0 bridgehead atoms. The highest BCUT2D eigenvalue weighted by molar-refractivity contribution is 9.11. The van der Waals surface area contributed by atoms with Gasteiger partial charge >= 0.3 is 5.97 Å². The molecule has 0 saturated carbocycles. The van der Waals surface area contributed by atoms with Crippen LogP contribution in [0.5, 0.6) is 0 Å². The highest BCUT2D eigenvalue weighted by atomic mass is 79.9. The molecule has 0 atom stereocenters. The number of hydrogen-bond donors (Lipinski definition) is 2. The monoisotopic (exact) mass is 398 g/mol. The molecule has 0 aromatic heterocycles.